The first-order valence-corrected chi connectivity index (χ1v) is 9.44. The fraction of sp³-hybridized carbons (Fsp3) is 0. The van der Waals surface area contributed by atoms with Crippen LogP contribution in [0.25, 0.3) is 32.3 Å². The molecule has 6 heteroatoms. The van der Waals surface area contributed by atoms with E-state index in [4.69, 9.17) is 0 Å². The SMILES string of the molecule is O=C(NN=Cc1c2ccccc2cc2ccccc12)c1n[nH]c(=O)c2ccccc12. The average Bonchev–Trinajstić information content (AvgIpc) is 2.79. The number of amides is 1. The molecule has 1 amide bonds. The number of hydrogen-bond donors (Lipinski definition) is 2. The van der Waals surface area contributed by atoms with Crippen molar-refractivity contribution in [3.63, 3.8) is 0 Å². The first kappa shape index (κ1) is 17.8. The minimum absolute atomic E-state index is 0.116. The second-order valence-electron chi connectivity index (χ2n) is 6.88. The van der Waals surface area contributed by atoms with Crippen LogP contribution in [0.1, 0.15) is 16.1 Å². The summed E-state index contributed by atoms with van der Waals surface area (Å²) in [5.74, 6) is -0.497. The van der Waals surface area contributed by atoms with E-state index in [-0.39, 0.29) is 11.3 Å². The Morgan fingerprint density at radius 3 is 2.07 bits per heavy atom. The maximum Gasteiger partial charge on any atom is 0.292 e. The number of hydrazone groups is 1. The van der Waals surface area contributed by atoms with E-state index in [1.807, 2.05) is 48.5 Å². The Bertz CT molecular complexity index is 1460. The Morgan fingerprint density at radius 1 is 0.833 bits per heavy atom. The molecule has 0 aliphatic rings. The molecule has 1 heterocycles. The molecular formula is C24H16N4O2. The van der Waals surface area contributed by atoms with Gasteiger partial charge >= 0.3 is 0 Å². The van der Waals surface area contributed by atoms with E-state index in [2.05, 4.69) is 26.8 Å². The van der Waals surface area contributed by atoms with Crippen LogP contribution < -0.4 is 11.0 Å². The van der Waals surface area contributed by atoms with Crippen molar-refractivity contribution >= 4 is 44.4 Å². The predicted molar refractivity (Wildman–Crippen MR) is 119 cm³/mol. The zero-order valence-electron chi connectivity index (χ0n) is 15.8. The molecule has 0 spiro atoms. The molecule has 1 aromatic heterocycles. The molecule has 0 saturated carbocycles. The van der Waals surface area contributed by atoms with Crippen LogP contribution in [-0.2, 0) is 0 Å². The van der Waals surface area contributed by atoms with Crippen molar-refractivity contribution < 1.29 is 4.79 Å². The minimum Gasteiger partial charge on any atom is -0.267 e. The molecule has 4 aromatic carbocycles. The van der Waals surface area contributed by atoms with Gasteiger partial charge in [0.15, 0.2) is 5.69 Å². The molecule has 30 heavy (non-hydrogen) atoms. The molecule has 0 aliphatic carbocycles. The normalized spacial score (nSPS) is 11.5. The van der Waals surface area contributed by atoms with Crippen molar-refractivity contribution in [2.24, 2.45) is 5.10 Å². The summed E-state index contributed by atoms with van der Waals surface area (Å²) in [6.45, 7) is 0. The van der Waals surface area contributed by atoms with Crippen LogP contribution >= 0.6 is 0 Å². The number of rotatable bonds is 3. The van der Waals surface area contributed by atoms with Crippen LogP contribution in [0, 0.1) is 0 Å². The van der Waals surface area contributed by atoms with Crippen molar-refractivity contribution in [3.8, 4) is 0 Å². The second-order valence-corrected chi connectivity index (χ2v) is 6.88. The van der Waals surface area contributed by atoms with Crippen LogP contribution in [0.15, 0.2) is 88.8 Å². The zero-order valence-corrected chi connectivity index (χ0v) is 15.8. The first-order valence-electron chi connectivity index (χ1n) is 9.44. The van der Waals surface area contributed by atoms with Gasteiger partial charge in [-0.05, 0) is 33.7 Å². The van der Waals surface area contributed by atoms with Crippen LogP contribution in [0.5, 0.6) is 0 Å². The Balaban J connectivity index is 1.54. The summed E-state index contributed by atoms with van der Waals surface area (Å²) in [5, 5.41) is 15.6. The number of carbonyl (C=O) groups excluding carboxylic acids is 1. The van der Waals surface area contributed by atoms with E-state index in [0.717, 1.165) is 27.1 Å². The van der Waals surface area contributed by atoms with Crippen LogP contribution in [-0.4, -0.2) is 22.3 Å². The molecule has 5 aromatic rings. The molecule has 0 saturated heterocycles. The van der Waals surface area contributed by atoms with Gasteiger partial charge in [-0.15, -0.1) is 0 Å². The summed E-state index contributed by atoms with van der Waals surface area (Å²) in [4.78, 5) is 24.6. The van der Waals surface area contributed by atoms with Crippen LogP contribution in [0.3, 0.4) is 0 Å². The molecule has 0 radical (unpaired) electrons. The molecule has 0 fully saturated rings. The lowest BCUT2D eigenvalue weighted by Gasteiger charge is -2.08. The lowest BCUT2D eigenvalue weighted by atomic mass is 9.97. The molecule has 5 rings (SSSR count). The van der Waals surface area contributed by atoms with Gasteiger partial charge in [0.1, 0.15) is 0 Å². The van der Waals surface area contributed by atoms with Gasteiger partial charge in [-0.25, -0.2) is 10.5 Å². The van der Waals surface area contributed by atoms with Crippen molar-refractivity contribution in [1.82, 2.24) is 15.6 Å². The molecule has 2 N–H and O–H groups in total. The summed E-state index contributed by atoms with van der Waals surface area (Å²) in [7, 11) is 0. The molecule has 0 unspecified atom stereocenters. The summed E-state index contributed by atoms with van der Waals surface area (Å²) >= 11 is 0. The number of benzene rings is 4. The standard InChI is InChI=1S/C24H16N4O2/c29-23-20-12-6-5-11-19(20)22(26-28-23)24(30)27-25-14-21-17-9-3-1-7-15(17)13-16-8-2-4-10-18(16)21/h1-14H,(H,27,30)(H,28,29). The summed E-state index contributed by atoms with van der Waals surface area (Å²) in [5.41, 5.74) is 3.23. The highest BCUT2D eigenvalue weighted by molar-refractivity contribution is 6.13. The van der Waals surface area contributed by atoms with Gasteiger partial charge in [-0.1, -0.05) is 66.7 Å². The van der Waals surface area contributed by atoms with Gasteiger partial charge in [0.2, 0.25) is 0 Å². The molecule has 0 aliphatic heterocycles. The van der Waals surface area contributed by atoms with Gasteiger partial charge < -0.3 is 0 Å². The number of H-pyrrole nitrogens is 1. The van der Waals surface area contributed by atoms with Crippen molar-refractivity contribution in [1.29, 1.82) is 0 Å². The Morgan fingerprint density at radius 2 is 1.40 bits per heavy atom. The van der Waals surface area contributed by atoms with Crippen molar-refractivity contribution in [2.75, 3.05) is 0 Å². The van der Waals surface area contributed by atoms with E-state index in [9.17, 15) is 9.59 Å². The van der Waals surface area contributed by atoms with Gasteiger partial charge in [0.25, 0.3) is 11.5 Å². The van der Waals surface area contributed by atoms with Crippen molar-refractivity contribution in [3.05, 3.63) is 100 Å². The highest BCUT2D eigenvalue weighted by Crippen LogP contribution is 2.27. The lowest BCUT2D eigenvalue weighted by molar-refractivity contribution is 0.0951. The van der Waals surface area contributed by atoms with E-state index >= 15 is 0 Å². The Hall–Kier alpha value is -4.32. The maximum absolute atomic E-state index is 12.7. The quantitative estimate of drug-likeness (QED) is 0.276. The third-order valence-corrected chi connectivity index (χ3v) is 5.08. The largest absolute Gasteiger partial charge is 0.292 e. The minimum atomic E-state index is -0.497. The maximum atomic E-state index is 12.7. The topological polar surface area (TPSA) is 87.2 Å². The van der Waals surface area contributed by atoms with Gasteiger partial charge in [-0.3, -0.25) is 9.59 Å². The molecule has 0 atom stereocenters. The fourth-order valence-electron chi connectivity index (χ4n) is 3.68. The smallest absolute Gasteiger partial charge is 0.267 e. The summed E-state index contributed by atoms with van der Waals surface area (Å²) < 4.78 is 0. The van der Waals surface area contributed by atoms with Crippen LogP contribution in [0.2, 0.25) is 0 Å². The van der Waals surface area contributed by atoms with E-state index in [1.54, 1.807) is 30.5 Å². The fourth-order valence-corrected chi connectivity index (χ4v) is 3.68. The summed E-state index contributed by atoms with van der Waals surface area (Å²) in [6.07, 6.45) is 1.65. The number of carbonyl (C=O) groups is 1. The summed E-state index contributed by atoms with van der Waals surface area (Å²) in [6, 6.07) is 25.1. The monoisotopic (exact) mass is 392 g/mol. The highest BCUT2D eigenvalue weighted by atomic mass is 16.2. The molecule has 144 valence electrons. The molecule has 0 bridgehead atoms. The number of aromatic amines is 1. The number of nitrogens with zero attached hydrogens (tertiary/aromatic N) is 2. The van der Waals surface area contributed by atoms with Crippen LogP contribution in [0.4, 0.5) is 0 Å². The van der Waals surface area contributed by atoms with E-state index in [0.29, 0.717) is 10.8 Å². The highest BCUT2D eigenvalue weighted by Gasteiger charge is 2.13. The van der Waals surface area contributed by atoms with E-state index in [1.165, 1.54) is 0 Å². The number of aromatic nitrogens is 2. The number of nitrogens with one attached hydrogen (secondary N) is 2. The predicted octanol–water partition coefficient (Wildman–Crippen LogP) is 3.99. The Kier molecular flexibility index (Phi) is 4.29. The van der Waals surface area contributed by atoms with Gasteiger partial charge in [-0.2, -0.15) is 10.2 Å². The van der Waals surface area contributed by atoms with Gasteiger partial charge in [0, 0.05) is 10.9 Å². The third-order valence-electron chi connectivity index (χ3n) is 5.08. The second kappa shape index (κ2) is 7.25. The first-order chi connectivity index (χ1) is 14.7. The lowest BCUT2D eigenvalue weighted by Crippen LogP contribution is -2.22. The Labute approximate surface area is 170 Å². The third kappa shape index (κ3) is 3.00. The molecule has 6 nitrogen and oxygen atoms in total. The average molecular weight is 392 g/mol. The zero-order chi connectivity index (χ0) is 20.5. The van der Waals surface area contributed by atoms with E-state index < -0.39 is 5.91 Å². The van der Waals surface area contributed by atoms with Crippen molar-refractivity contribution in [2.45, 2.75) is 0 Å². The van der Waals surface area contributed by atoms with Gasteiger partial charge in [0.05, 0.1) is 11.6 Å². The number of fused-ring (bicyclic) bond motifs is 3. The molecular weight excluding hydrogens is 376 g/mol. The number of hydrogen-bond acceptors (Lipinski definition) is 4.